The lowest BCUT2D eigenvalue weighted by Crippen LogP contribution is -2.30. The lowest BCUT2D eigenvalue weighted by atomic mass is 10.2. The maximum atomic E-state index is 12.3. The third kappa shape index (κ3) is 1.90. The number of nitrogen functional groups attached to an aromatic ring is 1. The van der Waals surface area contributed by atoms with Crippen LogP contribution in [0.1, 0.15) is 19.8 Å². The van der Waals surface area contributed by atoms with Crippen LogP contribution in [0.3, 0.4) is 0 Å². The Morgan fingerprint density at radius 2 is 2.33 bits per heavy atom. The SMILES string of the molecule is CC1(CNS(=O)(=O)c2c(N)nc3sccn23)CC1. The lowest BCUT2D eigenvalue weighted by Gasteiger charge is -2.10. The van der Waals surface area contributed by atoms with Crippen molar-refractivity contribution in [3.8, 4) is 0 Å². The zero-order valence-corrected chi connectivity index (χ0v) is 11.5. The molecule has 0 amide bonds. The Balaban J connectivity index is 1.96. The van der Waals surface area contributed by atoms with Crippen LogP contribution in [0.15, 0.2) is 16.6 Å². The number of nitrogens with two attached hydrogens (primary N) is 1. The van der Waals surface area contributed by atoms with E-state index in [4.69, 9.17) is 5.73 Å². The third-order valence-electron chi connectivity index (χ3n) is 3.29. The number of nitrogens with one attached hydrogen (secondary N) is 1. The summed E-state index contributed by atoms with van der Waals surface area (Å²) in [5.41, 5.74) is 5.81. The summed E-state index contributed by atoms with van der Waals surface area (Å²) in [4.78, 5) is 4.63. The smallest absolute Gasteiger partial charge is 0.260 e. The van der Waals surface area contributed by atoms with Crippen molar-refractivity contribution >= 4 is 32.1 Å². The Hall–Kier alpha value is -1.12. The molecule has 2 heterocycles. The first-order valence-electron chi connectivity index (χ1n) is 5.62. The monoisotopic (exact) mass is 286 g/mol. The van der Waals surface area contributed by atoms with Gasteiger partial charge in [-0.2, -0.15) is 0 Å². The Bertz CT molecular complexity index is 697. The molecule has 18 heavy (non-hydrogen) atoms. The molecule has 1 aliphatic carbocycles. The normalized spacial score (nSPS) is 18.3. The van der Waals surface area contributed by atoms with Crippen LogP contribution in [0, 0.1) is 5.41 Å². The first-order valence-corrected chi connectivity index (χ1v) is 7.98. The van der Waals surface area contributed by atoms with Crippen LogP contribution >= 0.6 is 11.3 Å². The number of anilines is 1. The second-order valence-corrected chi connectivity index (χ2v) is 7.55. The fourth-order valence-corrected chi connectivity index (χ4v) is 3.96. The number of aromatic nitrogens is 2. The molecule has 0 unspecified atom stereocenters. The van der Waals surface area contributed by atoms with Crippen LogP contribution < -0.4 is 10.5 Å². The van der Waals surface area contributed by atoms with Gasteiger partial charge in [0.1, 0.15) is 0 Å². The molecule has 8 heteroatoms. The number of hydrogen-bond donors (Lipinski definition) is 2. The largest absolute Gasteiger partial charge is 0.381 e. The molecule has 0 radical (unpaired) electrons. The molecule has 6 nitrogen and oxygen atoms in total. The summed E-state index contributed by atoms with van der Waals surface area (Å²) in [5.74, 6) is 0.0512. The van der Waals surface area contributed by atoms with E-state index in [0.717, 1.165) is 12.8 Å². The van der Waals surface area contributed by atoms with Crippen LogP contribution in [0.4, 0.5) is 5.82 Å². The zero-order valence-electron chi connectivity index (χ0n) is 9.88. The van der Waals surface area contributed by atoms with Crippen molar-refractivity contribution in [1.29, 1.82) is 0 Å². The molecule has 1 saturated carbocycles. The zero-order chi connectivity index (χ0) is 13.0. The Morgan fingerprint density at radius 3 is 3.00 bits per heavy atom. The predicted molar refractivity (Wildman–Crippen MR) is 70.0 cm³/mol. The highest BCUT2D eigenvalue weighted by molar-refractivity contribution is 7.89. The summed E-state index contributed by atoms with van der Waals surface area (Å²) in [6.07, 6.45) is 3.79. The highest BCUT2D eigenvalue weighted by atomic mass is 32.2. The number of thiazole rings is 1. The van der Waals surface area contributed by atoms with Gasteiger partial charge in [-0.3, -0.25) is 4.40 Å². The van der Waals surface area contributed by atoms with Crippen molar-refractivity contribution in [1.82, 2.24) is 14.1 Å². The topological polar surface area (TPSA) is 89.5 Å². The van der Waals surface area contributed by atoms with Crippen LogP contribution in [0.5, 0.6) is 0 Å². The van der Waals surface area contributed by atoms with Crippen LogP contribution in [0.2, 0.25) is 0 Å². The van der Waals surface area contributed by atoms with Gasteiger partial charge in [-0.25, -0.2) is 18.1 Å². The van der Waals surface area contributed by atoms with E-state index in [1.54, 1.807) is 11.6 Å². The predicted octanol–water partition coefficient (Wildman–Crippen LogP) is 1.06. The summed E-state index contributed by atoms with van der Waals surface area (Å²) in [7, 11) is -3.61. The first kappa shape index (κ1) is 11.9. The second kappa shape index (κ2) is 3.69. The molecule has 2 aromatic rings. The molecule has 0 atom stereocenters. The summed E-state index contributed by atoms with van der Waals surface area (Å²) in [6, 6.07) is 0. The fourth-order valence-electron chi connectivity index (χ4n) is 1.78. The van der Waals surface area contributed by atoms with Gasteiger partial charge < -0.3 is 5.73 Å². The molecule has 1 aliphatic rings. The minimum absolute atomic E-state index is 0.0444. The van der Waals surface area contributed by atoms with Gasteiger partial charge in [0.05, 0.1) is 0 Å². The third-order valence-corrected chi connectivity index (χ3v) is 5.49. The Labute approximate surface area is 109 Å². The molecular weight excluding hydrogens is 272 g/mol. The minimum atomic E-state index is -3.61. The van der Waals surface area contributed by atoms with Crippen molar-refractivity contribution < 1.29 is 8.42 Å². The molecule has 3 rings (SSSR count). The molecule has 2 aromatic heterocycles. The minimum Gasteiger partial charge on any atom is -0.381 e. The summed E-state index contributed by atoms with van der Waals surface area (Å²) >= 11 is 1.35. The highest BCUT2D eigenvalue weighted by Gasteiger charge is 2.38. The Kier molecular flexibility index (Phi) is 2.45. The van der Waals surface area contributed by atoms with E-state index in [2.05, 4.69) is 16.6 Å². The maximum Gasteiger partial charge on any atom is 0.260 e. The van der Waals surface area contributed by atoms with Crippen molar-refractivity contribution in [2.75, 3.05) is 12.3 Å². The van der Waals surface area contributed by atoms with Crippen molar-refractivity contribution in [2.24, 2.45) is 5.41 Å². The number of imidazole rings is 1. The average molecular weight is 286 g/mol. The number of fused-ring (bicyclic) bond motifs is 1. The van der Waals surface area contributed by atoms with E-state index in [9.17, 15) is 8.42 Å². The number of hydrogen-bond acceptors (Lipinski definition) is 5. The van der Waals surface area contributed by atoms with Gasteiger partial charge in [-0.05, 0) is 18.3 Å². The number of rotatable bonds is 4. The fraction of sp³-hybridized carbons (Fsp3) is 0.500. The molecule has 0 saturated heterocycles. The summed E-state index contributed by atoms with van der Waals surface area (Å²) < 4.78 is 28.6. The van der Waals surface area contributed by atoms with Gasteiger partial charge in [-0.15, -0.1) is 11.3 Å². The molecule has 0 aromatic carbocycles. The molecule has 0 aliphatic heterocycles. The average Bonchev–Trinajstić information content (AvgIpc) is 2.70. The first-order chi connectivity index (χ1) is 8.41. The van der Waals surface area contributed by atoms with Gasteiger partial charge >= 0.3 is 0 Å². The Morgan fingerprint density at radius 1 is 1.61 bits per heavy atom. The van der Waals surface area contributed by atoms with E-state index in [0.29, 0.717) is 11.5 Å². The van der Waals surface area contributed by atoms with E-state index in [1.165, 1.54) is 15.7 Å². The molecule has 0 bridgehead atoms. The molecular formula is C10H14N4O2S2. The maximum absolute atomic E-state index is 12.3. The van der Waals surface area contributed by atoms with E-state index in [1.807, 2.05) is 0 Å². The van der Waals surface area contributed by atoms with Crippen molar-refractivity contribution in [2.45, 2.75) is 24.8 Å². The van der Waals surface area contributed by atoms with E-state index in [-0.39, 0.29) is 16.3 Å². The van der Waals surface area contributed by atoms with Crippen LogP contribution in [0.25, 0.3) is 4.96 Å². The number of sulfonamides is 1. The molecule has 98 valence electrons. The lowest BCUT2D eigenvalue weighted by molar-refractivity contribution is 0.528. The van der Waals surface area contributed by atoms with Gasteiger partial charge in [0.2, 0.25) is 0 Å². The second-order valence-electron chi connectivity index (χ2n) is 4.99. The van der Waals surface area contributed by atoms with Crippen molar-refractivity contribution in [3.05, 3.63) is 11.6 Å². The standard InChI is InChI=1S/C10H14N4O2S2/c1-10(2-3-10)6-12-18(15,16)8-7(11)13-9-14(8)4-5-17-9/h4-5,12H,2-3,6,11H2,1H3. The molecule has 1 fully saturated rings. The summed E-state index contributed by atoms with van der Waals surface area (Å²) in [5, 5.41) is 1.83. The van der Waals surface area contributed by atoms with Crippen LogP contribution in [-0.4, -0.2) is 24.3 Å². The number of nitrogens with zero attached hydrogens (tertiary/aromatic N) is 2. The highest BCUT2D eigenvalue weighted by Crippen LogP contribution is 2.44. The van der Waals surface area contributed by atoms with Crippen molar-refractivity contribution in [3.63, 3.8) is 0 Å². The van der Waals surface area contributed by atoms with E-state index < -0.39 is 10.0 Å². The molecule has 3 N–H and O–H groups in total. The van der Waals surface area contributed by atoms with Gasteiger partial charge in [0, 0.05) is 18.1 Å². The van der Waals surface area contributed by atoms with E-state index >= 15 is 0 Å². The summed E-state index contributed by atoms with van der Waals surface area (Å²) in [6.45, 7) is 2.52. The molecule has 0 spiro atoms. The van der Waals surface area contributed by atoms with Gasteiger partial charge in [0.15, 0.2) is 15.8 Å². The quantitative estimate of drug-likeness (QED) is 0.879. The van der Waals surface area contributed by atoms with Crippen LogP contribution in [-0.2, 0) is 10.0 Å². The van der Waals surface area contributed by atoms with Gasteiger partial charge in [0.25, 0.3) is 10.0 Å². The van der Waals surface area contributed by atoms with Gasteiger partial charge in [-0.1, -0.05) is 6.92 Å².